The molecule has 0 aromatic heterocycles. The van der Waals surface area contributed by atoms with Crippen LogP contribution >= 0.6 is 0 Å². The fourth-order valence-electron chi connectivity index (χ4n) is 7.75. The quantitative estimate of drug-likeness (QED) is 0.110. The molecule has 57 heavy (non-hydrogen) atoms. The van der Waals surface area contributed by atoms with Crippen LogP contribution in [0, 0.1) is 17.5 Å². The summed E-state index contributed by atoms with van der Waals surface area (Å²) in [6.07, 6.45) is 5.72. The molecule has 8 nitrogen and oxygen atoms in total. The van der Waals surface area contributed by atoms with E-state index in [1.165, 1.54) is 41.9 Å². The van der Waals surface area contributed by atoms with Gasteiger partial charge in [-0.15, -0.1) is 0 Å². The van der Waals surface area contributed by atoms with Gasteiger partial charge in [-0.3, -0.25) is 4.79 Å². The van der Waals surface area contributed by atoms with Crippen molar-refractivity contribution in [2.24, 2.45) is 0 Å². The van der Waals surface area contributed by atoms with E-state index in [0.29, 0.717) is 21.5 Å². The van der Waals surface area contributed by atoms with Crippen molar-refractivity contribution in [2.45, 2.75) is 81.2 Å². The molecule has 12 heteroatoms. The number of carbonyl (C=O) groups excluding carboxylic acids is 2. The number of nitrogens with zero attached hydrogens (tertiary/aromatic N) is 2. The minimum absolute atomic E-state index is 0.0365. The second-order valence-electron chi connectivity index (χ2n) is 14.5. The van der Waals surface area contributed by atoms with Crippen molar-refractivity contribution < 1.29 is 40.7 Å². The van der Waals surface area contributed by atoms with E-state index >= 15 is 13.6 Å². The largest absolute Gasteiger partial charge is 0.457 e. The van der Waals surface area contributed by atoms with Crippen LogP contribution in [-0.4, -0.2) is 36.9 Å². The highest BCUT2D eigenvalue weighted by molar-refractivity contribution is 7.89. The van der Waals surface area contributed by atoms with E-state index in [4.69, 9.17) is 9.47 Å². The number of sulfonamides is 1. The van der Waals surface area contributed by atoms with Crippen LogP contribution in [0.5, 0.6) is 0 Å². The Morgan fingerprint density at radius 1 is 0.719 bits per heavy atom. The molecular weight excluding hydrogens is 754 g/mol. The standard InChI is InChI=1S/C45H43F3N2O6S/c46-38-27-40(47)42(41(48)28-38)57(53,54)50-26-10-25-45(50,56-31-34-13-6-2-7-14-34)44(52)49(29-32-17-19-36(20-18-32)35-15-8-3-9-16-35)39-23-21-37(22-24-39)43(51)55-30-33-11-4-1-5-12-33/h1-2,4-7,11-14,17-24,27-28,35H,3,8-10,15-16,25-26,29-31H2/t45-/m1/s1. The van der Waals surface area contributed by atoms with E-state index in [-0.39, 0.29) is 56.8 Å². The Morgan fingerprint density at radius 3 is 1.93 bits per heavy atom. The first-order valence-corrected chi connectivity index (χ1v) is 20.6. The fourth-order valence-corrected chi connectivity index (χ4v) is 9.56. The van der Waals surface area contributed by atoms with Gasteiger partial charge < -0.3 is 14.4 Å². The molecule has 1 amide bonds. The van der Waals surface area contributed by atoms with Gasteiger partial charge in [-0.05, 0) is 71.7 Å². The van der Waals surface area contributed by atoms with E-state index in [0.717, 1.165) is 24.0 Å². The predicted molar refractivity (Wildman–Crippen MR) is 209 cm³/mol. The highest BCUT2D eigenvalue weighted by atomic mass is 32.2. The van der Waals surface area contributed by atoms with Gasteiger partial charge in [-0.1, -0.05) is 104 Å². The molecule has 7 rings (SSSR count). The average Bonchev–Trinajstić information content (AvgIpc) is 3.68. The lowest BCUT2D eigenvalue weighted by molar-refractivity contribution is -0.161. The first-order valence-electron chi connectivity index (χ1n) is 19.1. The van der Waals surface area contributed by atoms with Crippen molar-refractivity contribution in [2.75, 3.05) is 11.4 Å². The smallest absolute Gasteiger partial charge is 0.338 e. The number of benzene rings is 5. The van der Waals surface area contributed by atoms with Crippen LogP contribution in [0.4, 0.5) is 18.9 Å². The second-order valence-corrected chi connectivity index (χ2v) is 16.3. The minimum atomic E-state index is -5.14. The van der Waals surface area contributed by atoms with Crippen LogP contribution < -0.4 is 4.90 Å². The molecule has 0 unspecified atom stereocenters. The van der Waals surface area contributed by atoms with Crippen molar-refractivity contribution in [3.05, 3.63) is 167 Å². The lowest BCUT2D eigenvalue weighted by atomic mass is 9.84. The Kier molecular flexibility index (Phi) is 12.2. The van der Waals surface area contributed by atoms with Gasteiger partial charge in [0.2, 0.25) is 5.72 Å². The second kappa shape index (κ2) is 17.5. The zero-order valence-corrected chi connectivity index (χ0v) is 32.1. The van der Waals surface area contributed by atoms with Crippen molar-refractivity contribution in [3.8, 4) is 0 Å². The van der Waals surface area contributed by atoms with E-state index in [2.05, 4.69) is 0 Å². The molecule has 296 valence electrons. The Hall–Kier alpha value is -5.30. The molecule has 5 aromatic carbocycles. The highest BCUT2D eigenvalue weighted by Crippen LogP contribution is 2.41. The van der Waals surface area contributed by atoms with Crippen molar-refractivity contribution in [1.29, 1.82) is 0 Å². The van der Waals surface area contributed by atoms with E-state index in [9.17, 15) is 17.6 Å². The molecule has 1 atom stereocenters. The zero-order chi connectivity index (χ0) is 40.0. The summed E-state index contributed by atoms with van der Waals surface area (Å²) >= 11 is 0. The fraction of sp³-hybridized carbons (Fsp3) is 0.289. The molecule has 1 heterocycles. The maximum atomic E-state index is 15.4. The Bertz CT molecular complexity index is 2270. The van der Waals surface area contributed by atoms with Gasteiger partial charge in [-0.2, -0.15) is 4.31 Å². The lowest BCUT2D eigenvalue weighted by Gasteiger charge is -2.39. The zero-order valence-electron chi connectivity index (χ0n) is 31.3. The molecule has 2 fully saturated rings. The van der Waals surface area contributed by atoms with Gasteiger partial charge in [0.1, 0.15) is 24.1 Å². The monoisotopic (exact) mass is 796 g/mol. The molecule has 2 aliphatic rings. The van der Waals surface area contributed by atoms with Crippen LogP contribution in [0.15, 0.2) is 126 Å². The van der Waals surface area contributed by atoms with Crippen molar-refractivity contribution in [1.82, 2.24) is 4.31 Å². The van der Waals surface area contributed by atoms with Gasteiger partial charge in [0.25, 0.3) is 15.9 Å². The third-order valence-corrected chi connectivity index (χ3v) is 12.7. The number of ether oxygens (including phenoxy) is 2. The highest BCUT2D eigenvalue weighted by Gasteiger charge is 2.57. The SMILES string of the molecule is O=C(OCc1ccccc1)c1ccc(N(Cc2ccc(C3CCCCC3)cc2)C(=O)[C@]2(OCc3ccccc3)CCCN2S(=O)(=O)c2c(F)cc(F)cc2F)cc1. The van der Waals surface area contributed by atoms with E-state index < -0.39 is 50.0 Å². The summed E-state index contributed by atoms with van der Waals surface area (Å²) < 4.78 is 85.7. The summed E-state index contributed by atoms with van der Waals surface area (Å²) in [7, 11) is -5.14. The average molecular weight is 797 g/mol. The number of hydrogen-bond donors (Lipinski definition) is 0. The Balaban J connectivity index is 1.27. The number of halogens is 3. The lowest BCUT2D eigenvalue weighted by Crippen LogP contribution is -2.60. The molecule has 1 aliphatic carbocycles. The summed E-state index contributed by atoms with van der Waals surface area (Å²) in [5, 5.41) is 0. The normalized spacial score (nSPS) is 17.7. The summed E-state index contributed by atoms with van der Waals surface area (Å²) in [5.74, 6) is -5.50. The maximum Gasteiger partial charge on any atom is 0.338 e. The third kappa shape index (κ3) is 8.83. The van der Waals surface area contributed by atoms with Crippen LogP contribution in [0.3, 0.4) is 0 Å². The van der Waals surface area contributed by atoms with Gasteiger partial charge in [0.05, 0.1) is 18.7 Å². The molecule has 0 N–H and O–H groups in total. The van der Waals surface area contributed by atoms with Gasteiger partial charge >= 0.3 is 5.97 Å². The van der Waals surface area contributed by atoms with Gasteiger partial charge in [0.15, 0.2) is 4.90 Å². The van der Waals surface area contributed by atoms with Crippen molar-refractivity contribution >= 4 is 27.6 Å². The van der Waals surface area contributed by atoms with Crippen LogP contribution in [0.1, 0.15) is 83.5 Å². The summed E-state index contributed by atoms with van der Waals surface area (Å²) in [5.41, 5.74) is 1.62. The first kappa shape index (κ1) is 39.9. The summed E-state index contributed by atoms with van der Waals surface area (Å²) in [4.78, 5) is 28.4. The van der Waals surface area contributed by atoms with Gasteiger partial charge in [0, 0.05) is 30.8 Å². The van der Waals surface area contributed by atoms with Crippen LogP contribution in [0.25, 0.3) is 0 Å². The molecule has 1 aliphatic heterocycles. The number of carbonyl (C=O) groups is 2. The molecule has 1 saturated heterocycles. The summed E-state index contributed by atoms with van der Waals surface area (Å²) in [6, 6.07) is 32.7. The Labute approximate surface area is 330 Å². The first-order chi connectivity index (χ1) is 27.5. The number of esters is 1. The van der Waals surface area contributed by atoms with Gasteiger partial charge in [-0.25, -0.2) is 26.4 Å². The molecule has 1 saturated carbocycles. The number of hydrogen-bond acceptors (Lipinski definition) is 6. The van der Waals surface area contributed by atoms with E-state index in [1.807, 2.05) is 54.6 Å². The topological polar surface area (TPSA) is 93.2 Å². The predicted octanol–water partition coefficient (Wildman–Crippen LogP) is 9.44. The summed E-state index contributed by atoms with van der Waals surface area (Å²) in [6.45, 7) is -0.507. The number of amides is 1. The van der Waals surface area contributed by atoms with E-state index in [1.54, 1.807) is 42.5 Å². The number of rotatable bonds is 13. The van der Waals surface area contributed by atoms with Crippen LogP contribution in [0.2, 0.25) is 0 Å². The minimum Gasteiger partial charge on any atom is -0.457 e. The molecular formula is C45H43F3N2O6S. The number of anilines is 1. The molecule has 5 aromatic rings. The molecule has 0 spiro atoms. The van der Waals surface area contributed by atoms with Crippen molar-refractivity contribution in [3.63, 3.8) is 0 Å². The maximum absolute atomic E-state index is 15.4. The third-order valence-electron chi connectivity index (χ3n) is 10.7. The Morgan fingerprint density at radius 2 is 1.32 bits per heavy atom. The van der Waals surface area contributed by atoms with Crippen LogP contribution in [-0.2, 0) is 44.1 Å². The molecule has 0 bridgehead atoms. The molecule has 0 radical (unpaired) electrons.